The Kier molecular flexibility index (Phi) is 6.08. The maximum Gasteiger partial charge on any atom is 0.292 e. The number of nitrogens with zero attached hydrogens (tertiary/aromatic N) is 4. The van der Waals surface area contributed by atoms with Gasteiger partial charge in [0.2, 0.25) is 6.08 Å². The quantitative estimate of drug-likeness (QED) is 0.112. The van der Waals surface area contributed by atoms with Gasteiger partial charge in [-0.15, -0.1) is 5.26 Å². The monoisotopic (exact) mass is 554 g/mol. The van der Waals surface area contributed by atoms with Crippen LogP contribution in [0.3, 0.4) is 0 Å². The summed E-state index contributed by atoms with van der Waals surface area (Å²) in [6, 6.07) is 19.9. The molecule has 0 unspecified atom stereocenters. The molecule has 4 amide bonds. The highest BCUT2D eigenvalue weighted by Crippen LogP contribution is 2.33. The molecule has 0 saturated heterocycles. The van der Waals surface area contributed by atoms with Gasteiger partial charge >= 0.3 is 0 Å². The van der Waals surface area contributed by atoms with Crippen LogP contribution in [0.5, 0.6) is 5.75 Å². The fourth-order valence-electron chi connectivity index (χ4n) is 4.84. The molecule has 0 saturated carbocycles. The van der Waals surface area contributed by atoms with Crippen molar-refractivity contribution in [1.29, 1.82) is 5.26 Å². The average molecular weight is 554 g/mol. The van der Waals surface area contributed by atoms with Gasteiger partial charge in [-0.3, -0.25) is 24.0 Å². The van der Waals surface area contributed by atoms with Crippen molar-refractivity contribution in [2.75, 3.05) is 9.80 Å². The summed E-state index contributed by atoms with van der Waals surface area (Å²) < 4.78 is 4.73. The number of rotatable bonds is 6. The molecule has 0 radical (unpaired) electrons. The van der Waals surface area contributed by atoms with Crippen molar-refractivity contribution in [3.63, 3.8) is 0 Å². The van der Waals surface area contributed by atoms with Crippen molar-refractivity contribution in [3.8, 4) is 12.0 Å². The Hall–Kier alpha value is -6.50. The number of anilines is 2. The number of isocyanates is 1. The molecular formula is C31H14N4O7. The summed E-state index contributed by atoms with van der Waals surface area (Å²) in [7, 11) is 0. The Labute approximate surface area is 236 Å². The van der Waals surface area contributed by atoms with Crippen LogP contribution < -0.4 is 14.5 Å². The topological polar surface area (TPSA) is 154 Å². The lowest BCUT2D eigenvalue weighted by Gasteiger charge is -2.13. The van der Waals surface area contributed by atoms with E-state index in [0.29, 0.717) is 5.69 Å². The molecule has 0 fully saturated rings. The van der Waals surface area contributed by atoms with Crippen LogP contribution >= 0.6 is 0 Å². The summed E-state index contributed by atoms with van der Waals surface area (Å²) in [5, 5.41) is 8.64. The van der Waals surface area contributed by atoms with Crippen molar-refractivity contribution in [3.05, 3.63) is 118 Å². The summed E-state index contributed by atoms with van der Waals surface area (Å²) in [5.41, 5.74) is 1.33. The first kappa shape index (κ1) is 25.8. The summed E-state index contributed by atoms with van der Waals surface area (Å²) >= 11 is 0. The van der Waals surface area contributed by atoms with Crippen molar-refractivity contribution in [2.24, 2.45) is 4.99 Å². The third kappa shape index (κ3) is 4.05. The highest BCUT2D eigenvalue weighted by molar-refractivity contribution is 6.36. The van der Waals surface area contributed by atoms with E-state index in [-0.39, 0.29) is 50.5 Å². The Morgan fingerprint density at radius 1 is 0.643 bits per heavy atom. The molecule has 11 heteroatoms. The summed E-state index contributed by atoms with van der Waals surface area (Å²) in [5.74, 6) is -2.69. The Morgan fingerprint density at radius 2 is 1.10 bits per heavy atom. The van der Waals surface area contributed by atoms with Crippen LogP contribution in [-0.2, 0) is 4.79 Å². The van der Waals surface area contributed by atoms with Gasteiger partial charge in [0.25, 0.3) is 29.9 Å². The SMILES string of the molecule is N#COc1ccc(N2C(=O)c3ccc(C(=O)c4ccc5c(c4)C(=O)N(c4ccc(N=C=O)cc4)C5=O)cc3C2=O)cc1. The Bertz CT molecular complexity index is 1970. The Balaban J connectivity index is 1.27. The number of imide groups is 2. The maximum absolute atomic E-state index is 13.4. The second-order valence-corrected chi connectivity index (χ2v) is 9.15. The predicted molar refractivity (Wildman–Crippen MR) is 146 cm³/mol. The van der Waals surface area contributed by atoms with E-state index >= 15 is 0 Å². The number of ether oxygens (including phenoxy) is 1. The molecule has 0 bridgehead atoms. The van der Waals surface area contributed by atoms with Crippen molar-refractivity contribution in [2.45, 2.75) is 0 Å². The number of hydrogen-bond acceptors (Lipinski definition) is 9. The zero-order valence-corrected chi connectivity index (χ0v) is 21.2. The number of carbonyl (C=O) groups excluding carboxylic acids is 6. The van der Waals surface area contributed by atoms with Gasteiger partial charge in [0, 0.05) is 11.1 Å². The van der Waals surface area contributed by atoms with Gasteiger partial charge in [-0.2, -0.15) is 4.99 Å². The molecule has 6 rings (SSSR count). The molecule has 2 heterocycles. The third-order valence-electron chi connectivity index (χ3n) is 6.84. The van der Waals surface area contributed by atoms with Crippen LogP contribution in [0.4, 0.5) is 17.1 Å². The van der Waals surface area contributed by atoms with Crippen LogP contribution in [-0.4, -0.2) is 35.5 Å². The molecule has 11 nitrogen and oxygen atoms in total. The summed E-state index contributed by atoms with van der Waals surface area (Å²) in [4.78, 5) is 81.7. The minimum Gasteiger partial charge on any atom is -0.388 e. The van der Waals surface area contributed by atoms with Crippen molar-refractivity contribution in [1.82, 2.24) is 0 Å². The van der Waals surface area contributed by atoms with Crippen molar-refractivity contribution >= 4 is 52.6 Å². The molecule has 0 spiro atoms. The van der Waals surface area contributed by atoms with E-state index in [1.165, 1.54) is 97.3 Å². The van der Waals surface area contributed by atoms with Gasteiger partial charge in [0.1, 0.15) is 5.75 Å². The van der Waals surface area contributed by atoms with E-state index in [9.17, 15) is 28.8 Å². The number of aliphatic imine (C=N–C) groups is 1. The summed E-state index contributed by atoms with van der Waals surface area (Å²) in [6.45, 7) is 0. The summed E-state index contributed by atoms with van der Waals surface area (Å²) in [6.07, 6.45) is 2.95. The molecule has 2 aliphatic heterocycles. The normalized spacial score (nSPS) is 13.4. The molecule has 0 aromatic heterocycles. The number of ketones is 1. The van der Waals surface area contributed by atoms with E-state index in [2.05, 4.69) is 4.99 Å². The molecule has 4 aromatic rings. The largest absolute Gasteiger partial charge is 0.388 e. The third-order valence-corrected chi connectivity index (χ3v) is 6.84. The lowest BCUT2D eigenvalue weighted by molar-refractivity contribution is 0.0910. The second kappa shape index (κ2) is 9.91. The van der Waals surface area contributed by atoms with Crippen molar-refractivity contribution < 1.29 is 33.5 Å². The van der Waals surface area contributed by atoms with E-state index in [4.69, 9.17) is 10.00 Å². The zero-order valence-electron chi connectivity index (χ0n) is 21.2. The minimum atomic E-state index is -0.632. The standard InChI is InChI=1S/C31H14N4O7/c32-15-42-22-9-7-21(8-10-22)35-29(39)24-12-2-18(14-26(24)31(35)41)27(37)17-1-11-23-25(13-17)30(40)34(28(23)38)20-5-3-19(4-6-20)33-16-36/h1-14H. The van der Waals surface area contributed by atoms with Crippen LogP contribution in [0.25, 0.3) is 0 Å². The van der Waals surface area contributed by atoms with Gasteiger partial charge in [0.05, 0.1) is 39.3 Å². The van der Waals surface area contributed by atoms with Gasteiger partial charge in [0.15, 0.2) is 5.78 Å². The number of benzene rings is 4. The van der Waals surface area contributed by atoms with Crippen LogP contribution in [0, 0.1) is 11.5 Å². The molecule has 2 aliphatic rings. The molecule has 0 atom stereocenters. The van der Waals surface area contributed by atoms with Gasteiger partial charge in [-0.05, 0) is 72.8 Å². The lowest BCUT2D eigenvalue weighted by atomic mass is 9.96. The lowest BCUT2D eigenvalue weighted by Crippen LogP contribution is -2.29. The van der Waals surface area contributed by atoms with E-state index < -0.39 is 29.4 Å². The average Bonchev–Trinajstić information content (AvgIpc) is 3.41. The number of fused-ring (bicyclic) bond motifs is 2. The molecule has 42 heavy (non-hydrogen) atoms. The first-order valence-electron chi connectivity index (χ1n) is 12.3. The predicted octanol–water partition coefficient (Wildman–Crippen LogP) is 4.35. The Morgan fingerprint density at radius 3 is 1.55 bits per heavy atom. The minimum absolute atomic E-state index is 0.0308. The van der Waals surface area contributed by atoms with Crippen LogP contribution in [0.1, 0.15) is 57.4 Å². The first-order chi connectivity index (χ1) is 20.3. The van der Waals surface area contributed by atoms with E-state index in [1.54, 1.807) is 0 Å². The number of hydrogen-bond donors (Lipinski definition) is 0. The number of amides is 4. The molecule has 0 N–H and O–H groups in total. The molecule has 200 valence electrons. The highest BCUT2D eigenvalue weighted by atomic mass is 16.5. The van der Waals surface area contributed by atoms with Crippen LogP contribution in [0.2, 0.25) is 0 Å². The highest BCUT2D eigenvalue weighted by Gasteiger charge is 2.39. The van der Waals surface area contributed by atoms with E-state index in [0.717, 1.165) is 9.80 Å². The van der Waals surface area contributed by atoms with E-state index in [1.807, 2.05) is 0 Å². The fourth-order valence-corrected chi connectivity index (χ4v) is 4.84. The fraction of sp³-hybridized carbons (Fsp3) is 0. The van der Waals surface area contributed by atoms with Gasteiger partial charge < -0.3 is 4.74 Å². The molecular weight excluding hydrogens is 540 g/mol. The second-order valence-electron chi connectivity index (χ2n) is 9.15. The molecule has 0 aliphatic carbocycles. The molecule has 4 aromatic carbocycles. The van der Waals surface area contributed by atoms with Gasteiger partial charge in [-0.25, -0.2) is 14.6 Å². The maximum atomic E-state index is 13.4. The first-order valence-corrected chi connectivity index (χ1v) is 12.3. The smallest absolute Gasteiger partial charge is 0.292 e. The van der Waals surface area contributed by atoms with Crippen LogP contribution in [0.15, 0.2) is 89.9 Å². The number of nitriles is 1. The number of carbonyl (C=O) groups is 5. The van der Waals surface area contributed by atoms with Gasteiger partial charge in [-0.1, -0.05) is 12.1 Å². The zero-order chi connectivity index (χ0) is 29.5.